The summed E-state index contributed by atoms with van der Waals surface area (Å²) in [6, 6.07) is 4.94. The molecular weight excluding hydrogens is 280 g/mol. The molecule has 0 aliphatic heterocycles. The summed E-state index contributed by atoms with van der Waals surface area (Å²) in [4.78, 5) is 12.1. The molecule has 2 aromatic rings. The summed E-state index contributed by atoms with van der Waals surface area (Å²) >= 11 is 5.99. The van der Waals surface area contributed by atoms with Crippen LogP contribution in [0.15, 0.2) is 30.6 Å². The predicted octanol–water partition coefficient (Wildman–Crippen LogP) is 2.02. The van der Waals surface area contributed by atoms with Gasteiger partial charge >= 0.3 is 0 Å². The Bertz CT molecular complexity index is 592. The number of halogens is 1. The monoisotopic (exact) mass is 294 g/mol. The van der Waals surface area contributed by atoms with Crippen molar-refractivity contribution in [1.29, 1.82) is 0 Å². The second-order valence-electron chi connectivity index (χ2n) is 4.14. The molecule has 0 aliphatic carbocycles. The Morgan fingerprint density at radius 2 is 2.35 bits per heavy atom. The number of nitrogen functional groups attached to an aromatic ring is 1. The number of anilines is 2. The van der Waals surface area contributed by atoms with E-state index in [-0.39, 0.29) is 11.5 Å². The lowest BCUT2D eigenvalue weighted by Gasteiger charge is -2.07. The van der Waals surface area contributed by atoms with Gasteiger partial charge in [-0.1, -0.05) is 17.7 Å². The molecule has 0 saturated carbocycles. The van der Waals surface area contributed by atoms with Crippen molar-refractivity contribution in [2.24, 2.45) is 0 Å². The van der Waals surface area contributed by atoms with E-state index in [2.05, 4.69) is 10.4 Å². The van der Waals surface area contributed by atoms with Crippen LogP contribution in [0.3, 0.4) is 0 Å². The molecule has 0 saturated heterocycles. The lowest BCUT2D eigenvalue weighted by atomic mass is 10.1. The highest BCUT2D eigenvalue weighted by Gasteiger charge is 2.14. The zero-order chi connectivity index (χ0) is 14.5. The molecule has 0 fully saturated rings. The van der Waals surface area contributed by atoms with Gasteiger partial charge in [-0.3, -0.25) is 9.48 Å². The lowest BCUT2D eigenvalue weighted by molar-refractivity contribution is 0.102. The second kappa shape index (κ2) is 6.40. The normalized spacial score (nSPS) is 10.5. The van der Waals surface area contributed by atoms with Crippen LogP contribution < -0.4 is 11.1 Å². The van der Waals surface area contributed by atoms with Gasteiger partial charge in [0.2, 0.25) is 0 Å². The number of carbonyl (C=O) groups is 1. The average molecular weight is 295 g/mol. The maximum Gasteiger partial charge on any atom is 0.259 e. The first-order valence-electron chi connectivity index (χ1n) is 5.98. The van der Waals surface area contributed by atoms with E-state index in [9.17, 15) is 4.79 Å². The molecule has 3 N–H and O–H groups in total. The minimum absolute atomic E-state index is 0.263. The van der Waals surface area contributed by atoms with Crippen molar-refractivity contribution < 1.29 is 9.53 Å². The molecular formula is C13H15ClN4O2. The minimum Gasteiger partial charge on any atom is -0.398 e. The van der Waals surface area contributed by atoms with Crippen LogP contribution in [-0.2, 0) is 11.3 Å². The van der Waals surface area contributed by atoms with Gasteiger partial charge in [-0.25, -0.2) is 0 Å². The van der Waals surface area contributed by atoms with E-state index in [4.69, 9.17) is 22.1 Å². The van der Waals surface area contributed by atoms with Crippen molar-refractivity contribution in [2.75, 3.05) is 24.8 Å². The van der Waals surface area contributed by atoms with Crippen LogP contribution in [0.4, 0.5) is 11.4 Å². The Balaban J connectivity index is 2.10. The van der Waals surface area contributed by atoms with Crippen LogP contribution in [0.1, 0.15) is 10.4 Å². The summed E-state index contributed by atoms with van der Waals surface area (Å²) in [6.07, 6.45) is 3.27. The third kappa shape index (κ3) is 3.28. The lowest BCUT2D eigenvalue weighted by Crippen LogP contribution is -2.14. The van der Waals surface area contributed by atoms with E-state index < -0.39 is 0 Å². The van der Waals surface area contributed by atoms with E-state index >= 15 is 0 Å². The number of ether oxygens (including phenoxy) is 1. The van der Waals surface area contributed by atoms with Gasteiger partial charge < -0.3 is 15.8 Å². The number of hydrogen-bond acceptors (Lipinski definition) is 4. The molecule has 0 aliphatic rings. The molecule has 1 amide bonds. The molecule has 1 aromatic carbocycles. The highest BCUT2D eigenvalue weighted by atomic mass is 35.5. The molecule has 20 heavy (non-hydrogen) atoms. The predicted molar refractivity (Wildman–Crippen MR) is 77.9 cm³/mol. The molecule has 0 bridgehead atoms. The molecule has 0 atom stereocenters. The quantitative estimate of drug-likeness (QED) is 0.827. The molecule has 7 heteroatoms. The molecule has 1 aromatic heterocycles. The van der Waals surface area contributed by atoms with Gasteiger partial charge in [-0.2, -0.15) is 5.10 Å². The summed E-state index contributed by atoms with van der Waals surface area (Å²) < 4.78 is 6.63. The standard InChI is InChI=1S/C13H15ClN4O2/c1-20-6-5-18-8-9(7-16-18)17-13(19)12-10(14)3-2-4-11(12)15/h2-4,7-8H,5-6,15H2,1H3,(H,17,19). The number of aromatic nitrogens is 2. The first-order chi connectivity index (χ1) is 9.61. The van der Waals surface area contributed by atoms with Crippen molar-refractivity contribution in [3.63, 3.8) is 0 Å². The smallest absolute Gasteiger partial charge is 0.259 e. The van der Waals surface area contributed by atoms with Crippen LogP contribution in [0.2, 0.25) is 5.02 Å². The van der Waals surface area contributed by atoms with Gasteiger partial charge in [0.25, 0.3) is 5.91 Å². The van der Waals surface area contributed by atoms with E-state index in [1.54, 1.807) is 42.4 Å². The summed E-state index contributed by atoms with van der Waals surface area (Å²) in [5, 5.41) is 7.13. The maximum atomic E-state index is 12.1. The van der Waals surface area contributed by atoms with E-state index in [1.165, 1.54) is 0 Å². The van der Waals surface area contributed by atoms with Gasteiger partial charge in [0.05, 0.1) is 35.6 Å². The van der Waals surface area contributed by atoms with Crippen molar-refractivity contribution >= 4 is 28.9 Å². The Morgan fingerprint density at radius 3 is 3.05 bits per heavy atom. The summed E-state index contributed by atoms with van der Waals surface area (Å²) in [5.74, 6) is -0.362. The molecule has 6 nitrogen and oxygen atoms in total. The van der Waals surface area contributed by atoms with Crippen molar-refractivity contribution in [2.45, 2.75) is 6.54 Å². The largest absolute Gasteiger partial charge is 0.398 e. The van der Waals surface area contributed by atoms with Crippen molar-refractivity contribution in [1.82, 2.24) is 9.78 Å². The van der Waals surface area contributed by atoms with Gasteiger partial charge in [0, 0.05) is 19.0 Å². The Hall–Kier alpha value is -2.05. The summed E-state index contributed by atoms with van der Waals surface area (Å²) in [6.45, 7) is 1.16. The fourth-order valence-electron chi connectivity index (χ4n) is 1.71. The third-order valence-corrected chi connectivity index (χ3v) is 3.00. The van der Waals surface area contributed by atoms with E-state index in [0.29, 0.717) is 29.5 Å². The summed E-state index contributed by atoms with van der Waals surface area (Å²) in [5.41, 5.74) is 6.94. The maximum absolute atomic E-state index is 12.1. The first-order valence-corrected chi connectivity index (χ1v) is 6.36. The van der Waals surface area contributed by atoms with Crippen molar-refractivity contribution in [3.8, 4) is 0 Å². The molecule has 0 spiro atoms. The van der Waals surface area contributed by atoms with Crippen LogP contribution >= 0.6 is 11.6 Å². The number of nitrogens with one attached hydrogen (secondary N) is 1. The van der Waals surface area contributed by atoms with E-state index in [0.717, 1.165) is 0 Å². The molecule has 0 unspecified atom stereocenters. The van der Waals surface area contributed by atoms with Crippen LogP contribution in [0.5, 0.6) is 0 Å². The number of benzene rings is 1. The van der Waals surface area contributed by atoms with Crippen molar-refractivity contribution in [3.05, 3.63) is 41.2 Å². The van der Waals surface area contributed by atoms with Gasteiger partial charge in [-0.05, 0) is 12.1 Å². The number of carbonyl (C=O) groups excluding carboxylic acids is 1. The van der Waals surface area contributed by atoms with Gasteiger partial charge in [0.1, 0.15) is 0 Å². The fraction of sp³-hybridized carbons (Fsp3) is 0.231. The average Bonchev–Trinajstić information content (AvgIpc) is 2.83. The Labute approximate surface area is 121 Å². The van der Waals surface area contributed by atoms with E-state index in [1.807, 2.05) is 0 Å². The number of hydrogen-bond donors (Lipinski definition) is 2. The number of nitrogens with zero attached hydrogens (tertiary/aromatic N) is 2. The fourth-order valence-corrected chi connectivity index (χ4v) is 1.98. The minimum atomic E-state index is -0.362. The Kier molecular flexibility index (Phi) is 4.60. The summed E-state index contributed by atoms with van der Waals surface area (Å²) in [7, 11) is 1.62. The highest BCUT2D eigenvalue weighted by molar-refractivity contribution is 6.35. The number of rotatable bonds is 5. The second-order valence-corrected chi connectivity index (χ2v) is 4.55. The van der Waals surface area contributed by atoms with Crippen LogP contribution in [-0.4, -0.2) is 29.4 Å². The van der Waals surface area contributed by atoms with Crippen LogP contribution in [0.25, 0.3) is 0 Å². The zero-order valence-corrected chi connectivity index (χ0v) is 11.7. The topological polar surface area (TPSA) is 82.2 Å². The zero-order valence-electron chi connectivity index (χ0n) is 11.0. The highest BCUT2D eigenvalue weighted by Crippen LogP contribution is 2.23. The molecule has 1 heterocycles. The number of nitrogens with two attached hydrogens (primary N) is 1. The molecule has 0 radical (unpaired) electrons. The SMILES string of the molecule is COCCn1cc(NC(=O)c2c(N)cccc2Cl)cn1. The molecule has 2 rings (SSSR count). The van der Waals surface area contributed by atoms with Gasteiger partial charge in [-0.15, -0.1) is 0 Å². The van der Waals surface area contributed by atoms with Crippen LogP contribution in [0, 0.1) is 0 Å². The molecule has 106 valence electrons. The Morgan fingerprint density at radius 1 is 1.55 bits per heavy atom. The van der Waals surface area contributed by atoms with Gasteiger partial charge in [0.15, 0.2) is 0 Å². The first kappa shape index (κ1) is 14.4. The number of methoxy groups -OCH3 is 1. The third-order valence-electron chi connectivity index (χ3n) is 2.69. The number of amides is 1.